The first-order valence-corrected chi connectivity index (χ1v) is 11.2. The zero-order valence-corrected chi connectivity index (χ0v) is 18.1. The van der Waals surface area contributed by atoms with Crippen molar-refractivity contribution in [1.82, 2.24) is 15.3 Å². The van der Waals surface area contributed by atoms with Crippen molar-refractivity contribution in [2.75, 3.05) is 30.9 Å². The Bertz CT molecular complexity index is 902. The van der Waals surface area contributed by atoms with Gasteiger partial charge in [-0.3, -0.25) is 4.79 Å². The molecule has 2 aliphatic carbocycles. The van der Waals surface area contributed by atoms with Crippen LogP contribution in [0.1, 0.15) is 44.9 Å². The number of carbonyl (C=O) groups excluding carboxylic acids is 1. The van der Waals surface area contributed by atoms with Crippen molar-refractivity contribution in [1.29, 1.82) is 0 Å². The van der Waals surface area contributed by atoms with Crippen molar-refractivity contribution in [2.45, 2.75) is 51.0 Å². The molecule has 1 atom stereocenters. The quantitative estimate of drug-likeness (QED) is 0.675. The van der Waals surface area contributed by atoms with E-state index in [1.165, 1.54) is 0 Å². The van der Waals surface area contributed by atoms with Crippen LogP contribution >= 0.6 is 0 Å². The summed E-state index contributed by atoms with van der Waals surface area (Å²) in [6.45, 7) is 0.805. The van der Waals surface area contributed by atoms with E-state index in [0.29, 0.717) is 30.2 Å². The zero-order chi connectivity index (χ0) is 20.9. The summed E-state index contributed by atoms with van der Waals surface area (Å²) < 4.78 is 0. The van der Waals surface area contributed by atoms with Crippen LogP contribution < -0.4 is 15.5 Å². The number of rotatable bonds is 7. The van der Waals surface area contributed by atoms with Gasteiger partial charge in [0.15, 0.2) is 0 Å². The Hall–Kier alpha value is -2.63. The zero-order valence-electron chi connectivity index (χ0n) is 18.1. The molecule has 1 heterocycles. The van der Waals surface area contributed by atoms with Gasteiger partial charge < -0.3 is 15.5 Å². The van der Waals surface area contributed by atoms with Crippen LogP contribution in [0.5, 0.6) is 0 Å². The van der Waals surface area contributed by atoms with Gasteiger partial charge in [0.1, 0.15) is 5.82 Å². The Labute approximate surface area is 179 Å². The molecule has 30 heavy (non-hydrogen) atoms. The monoisotopic (exact) mass is 407 g/mol. The van der Waals surface area contributed by atoms with Crippen molar-refractivity contribution in [3.63, 3.8) is 0 Å². The number of carbonyl (C=O) groups is 1. The van der Waals surface area contributed by atoms with E-state index < -0.39 is 0 Å². The van der Waals surface area contributed by atoms with Gasteiger partial charge in [0, 0.05) is 38.5 Å². The van der Waals surface area contributed by atoms with Crippen molar-refractivity contribution in [2.24, 2.45) is 11.8 Å². The molecule has 0 spiro atoms. The van der Waals surface area contributed by atoms with Crippen molar-refractivity contribution < 1.29 is 4.79 Å². The first-order valence-electron chi connectivity index (χ1n) is 11.2. The Morgan fingerprint density at radius 1 is 1.10 bits per heavy atom. The molecule has 2 aromatic rings. The molecule has 1 fully saturated rings. The summed E-state index contributed by atoms with van der Waals surface area (Å²) in [6.07, 6.45) is 11.7. The second-order valence-electron chi connectivity index (χ2n) is 8.92. The molecule has 6 heteroatoms. The molecule has 0 saturated heterocycles. The number of nitrogens with one attached hydrogen (secondary N) is 2. The van der Waals surface area contributed by atoms with Gasteiger partial charge in [0.05, 0.1) is 5.52 Å². The molecule has 1 amide bonds. The lowest BCUT2D eigenvalue weighted by atomic mass is 9.86. The number of anilines is 2. The first kappa shape index (κ1) is 20.6. The summed E-state index contributed by atoms with van der Waals surface area (Å²) in [6, 6.07) is 8.53. The largest absolute Gasteiger partial charge is 0.362 e. The smallest absolute Gasteiger partial charge is 0.225 e. The molecule has 1 unspecified atom stereocenters. The van der Waals surface area contributed by atoms with Gasteiger partial charge in [0.2, 0.25) is 11.9 Å². The van der Waals surface area contributed by atoms with Gasteiger partial charge >= 0.3 is 0 Å². The van der Waals surface area contributed by atoms with Crippen molar-refractivity contribution >= 4 is 28.6 Å². The summed E-state index contributed by atoms with van der Waals surface area (Å²) in [7, 11) is 4.03. The average Bonchev–Trinajstić information content (AvgIpc) is 3.25. The van der Waals surface area contributed by atoms with Gasteiger partial charge in [0.25, 0.3) is 0 Å². The highest BCUT2D eigenvalue weighted by atomic mass is 16.1. The van der Waals surface area contributed by atoms with E-state index >= 15 is 0 Å². The van der Waals surface area contributed by atoms with Gasteiger partial charge in [-0.15, -0.1) is 0 Å². The number of allylic oxidation sites excluding steroid dienone is 2. The Balaban J connectivity index is 1.27. The van der Waals surface area contributed by atoms with E-state index in [9.17, 15) is 4.79 Å². The lowest BCUT2D eigenvalue weighted by Crippen LogP contribution is -2.34. The van der Waals surface area contributed by atoms with Crippen LogP contribution in [0.15, 0.2) is 36.4 Å². The predicted octanol–water partition coefficient (Wildman–Crippen LogP) is 4.14. The van der Waals surface area contributed by atoms with E-state index in [0.717, 1.165) is 61.8 Å². The van der Waals surface area contributed by atoms with Gasteiger partial charge in [-0.25, -0.2) is 4.98 Å². The third-order valence-electron chi connectivity index (χ3n) is 6.33. The summed E-state index contributed by atoms with van der Waals surface area (Å²) in [5, 5.41) is 7.79. The minimum Gasteiger partial charge on any atom is -0.362 e. The second kappa shape index (κ2) is 9.45. The van der Waals surface area contributed by atoms with E-state index in [4.69, 9.17) is 9.97 Å². The maximum atomic E-state index is 12.2. The summed E-state index contributed by atoms with van der Waals surface area (Å²) in [5.41, 5.74) is 0.965. The standard InChI is InChI=1S/C24H33N5O/c1-29(2)23-20-9-5-6-10-21(20)27-24(28-23)26-19-13-11-18(12-14-19)16-25-22(30)15-17-7-3-4-8-17/h3,5-7,9-10,17-19H,4,8,11-16H2,1-2H3,(H,25,30)(H,26,27,28)/t17?,18-,19+. The normalized spacial score (nSPS) is 23.5. The molecule has 0 aliphatic heterocycles. The number of para-hydroxylation sites is 1. The molecule has 6 nitrogen and oxygen atoms in total. The first-order chi connectivity index (χ1) is 14.6. The molecule has 1 aromatic carbocycles. The fraction of sp³-hybridized carbons (Fsp3) is 0.542. The van der Waals surface area contributed by atoms with Crippen LogP contribution in [0.25, 0.3) is 10.9 Å². The number of nitrogens with zero attached hydrogens (tertiary/aromatic N) is 3. The third-order valence-corrected chi connectivity index (χ3v) is 6.33. The summed E-state index contributed by atoms with van der Waals surface area (Å²) in [4.78, 5) is 23.7. The lowest BCUT2D eigenvalue weighted by molar-refractivity contribution is -0.121. The molecule has 1 aromatic heterocycles. The van der Waals surface area contributed by atoms with Crippen LogP contribution in [-0.2, 0) is 4.79 Å². The summed E-state index contributed by atoms with van der Waals surface area (Å²) in [5.74, 6) is 2.86. The van der Waals surface area contributed by atoms with Crippen molar-refractivity contribution in [3.05, 3.63) is 36.4 Å². The molecule has 2 aliphatic rings. The highest BCUT2D eigenvalue weighted by Gasteiger charge is 2.23. The summed E-state index contributed by atoms with van der Waals surface area (Å²) >= 11 is 0. The Morgan fingerprint density at radius 2 is 1.90 bits per heavy atom. The van der Waals surface area contributed by atoms with Crippen LogP contribution in [0.4, 0.5) is 11.8 Å². The Morgan fingerprint density at radius 3 is 2.63 bits per heavy atom. The van der Waals surface area contributed by atoms with Crippen LogP contribution in [0, 0.1) is 11.8 Å². The maximum absolute atomic E-state index is 12.2. The van der Waals surface area contributed by atoms with E-state index in [1.807, 2.05) is 37.2 Å². The predicted molar refractivity (Wildman–Crippen MR) is 123 cm³/mol. The fourth-order valence-electron chi connectivity index (χ4n) is 4.59. The fourth-order valence-corrected chi connectivity index (χ4v) is 4.59. The Kier molecular flexibility index (Phi) is 6.50. The molecule has 0 bridgehead atoms. The van der Waals surface area contributed by atoms with Crippen LogP contribution in [0.3, 0.4) is 0 Å². The SMILES string of the molecule is CN(C)c1nc(N[C@H]2CC[C@@H](CNC(=O)CC3C=CCC3)CC2)nc2ccccc12. The van der Waals surface area contributed by atoms with Crippen LogP contribution in [-0.4, -0.2) is 42.6 Å². The lowest BCUT2D eigenvalue weighted by Gasteiger charge is -2.29. The van der Waals surface area contributed by atoms with Crippen molar-refractivity contribution in [3.8, 4) is 0 Å². The number of hydrogen-bond acceptors (Lipinski definition) is 5. The molecule has 1 saturated carbocycles. The average molecular weight is 408 g/mol. The van der Waals surface area contributed by atoms with Gasteiger partial charge in [-0.1, -0.05) is 24.3 Å². The van der Waals surface area contributed by atoms with E-state index in [-0.39, 0.29) is 5.91 Å². The number of amides is 1. The van der Waals surface area contributed by atoms with E-state index in [2.05, 4.69) is 28.9 Å². The number of hydrogen-bond donors (Lipinski definition) is 2. The third kappa shape index (κ3) is 5.10. The second-order valence-corrected chi connectivity index (χ2v) is 8.92. The molecular weight excluding hydrogens is 374 g/mol. The number of fused-ring (bicyclic) bond motifs is 1. The van der Waals surface area contributed by atoms with Gasteiger partial charge in [-0.2, -0.15) is 4.98 Å². The maximum Gasteiger partial charge on any atom is 0.225 e. The minimum atomic E-state index is 0.201. The molecular formula is C24H33N5O. The molecule has 160 valence electrons. The number of benzene rings is 1. The van der Waals surface area contributed by atoms with Gasteiger partial charge in [-0.05, 0) is 62.5 Å². The molecule has 4 rings (SSSR count). The highest BCUT2D eigenvalue weighted by molar-refractivity contribution is 5.90. The number of aromatic nitrogens is 2. The van der Waals surface area contributed by atoms with Crippen LogP contribution in [0.2, 0.25) is 0 Å². The minimum absolute atomic E-state index is 0.201. The molecule has 0 radical (unpaired) electrons. The highest BCUT2D eigenvalue weighted by Crippen LogP contribution is 2.28. The van der Waals surface area contributed by atoms with E-state index in [1.54, 1.807) is 0 Å². The molecule has 2 N–H and O–H groups in total. The topological polar surface area (TPSA) is 70.2 Å².